The number of para-hydroxylation sites is 1. The van der Waals surface area contributed by atoms with Crippen molar-refractivity contribution in [2.24, 2.45) is 5.92 Å². The molecular weight excluding hydrogens is 384 g/mol. The monoisotopic (exact) mass is 414 g/mol. The van der Waals surface area contributed by atoms with E-state index in [9.17, 15) is 9.59 Å². The second-order valence-corrected chi connectivity index (χ2v) is 8.62. The molecule has 0 saturated heterocycles. The first-order valence-corrected chi connectivity index (χ1v) is 11.2. The number of carbonyl (C=O) groups excluding carboxylic acids is 1. The molecule has 1 amide bonds. The molecule has 0 unspecified atom stereocenters. The van der Waals surface area contributed by atoms with E-state index >= 15 is 0 Å². The lowest BCUT2D eigenvalue weighted by molar-refractivity contribution is 0.102. The number of aromatic nitrogens is 1. The van der Waals surface area contributed by atoms with Gasteiger partial charge in [0, 0.05) is 29.6 Å². The van der Waals surface area contributed by atoms with Crippen molar-refractivity contribution >= 4 is 11.6 Å². The Morgan fingerprint density at radius 2 is 1.65 bits per heavy atom. The van der Waals surface area contributed by atoms with E-state index < -0.39 is 0 Å². The Labute approximate surface area is 183 Å². The van der Waals surface area contributed by atoms with Crippen molar-refractivity contribution in [1.82, 2.24) is 4.57 Å². The Kier molecular flexibility index (Phi) is 6.36. The number of pyridine rings is 1. The minimum atomic E-state index is -0.355. The summed E-state index contributed by atoms with van der Waals surface area (Å²) in [6.45, 7) is 4.85. The number of rotatable bonds is 5. The predicted octanol–water partition coefficient (Wildman–Crippen LogP) is 5.96. The quantitative estimate of drug-likeness (QED) is 0.560. The lowest BCUT2D eigenvalue weighted by Gasteiger charge is -2.27. The van der Waals surface area contributed by atoms with E-state index in [1.54, 1.807) is 6.07 Å². The first-order chi connectivity index (χ1) is 15.0. The summed E-state index contributed by atoms with van der Waals surface area (Å²) in [5.41, 5.74) is 4.31. The van der Waals surface area contributed by atoms with Gasteiger partial charge in [-0.2, -0.15) is 0 Å². The predicted molar refractivity (Wildman–Crippen MR) is 127 cm³/mol. The highest BCUT2D eigenvalue weighted by Crippen LogP contribution is 2.31. The lowest BCUT2D eigenvalue weighted by atomic mass is 9.88. The highest BCUT2D eigenvalue weighted by Gasteiger charge is 2.24. The molecule has 1 saturated carbocycles. The zero-order valence-corrected chi connectivity index (χ0v) is 18.4. The Morgan fingerprint density at radius 3 is 2.35 bits per heavy atom. The molecule has 1 heterocycles. The molecule has 0 bridgehead atoms. The van der Waals surface area contributed by atoms with Crippen LogP contribution in [-0.4, -0.2) is 10.5 Å². The molecule has 31 heavy (non-hydrogen) atoms. The third kappa shape index (κ3) is 4.63. The van der Waals surface area contributed by atoms with Gasteiger partial charge in [0.05, 0.1) is 5.69 Å². The normalized spacial score (nSPS) is 14.4. The number of nitrogens with one attached hydrogen (secondary N) is 1. The van der Waals surface area contributed by atoms with Crippen LogP contribution in [0.2, 0.25) is 0 Å². The number of nitrogens with zero attached hydrogens (tertiary/aromatic N) is 1. The van der Waals surface area contributed by atoms with Crippen LogP contribution in [0, 0.1) is 19.8 Å². The molecule has 2 aromatic carbocycles. The highest BCUT2D eigenvalue weighted by molar-refractivity contribution is 6.08. The van der Waals surface area contributed by atoms with Gasteiger partial charge in [0.25, 0.3) is 5.91 Å². The number of amides is 1. The van der Waals surface area contributed by atoms with Crippen molar-refractivity contribution in [3.05, 3.63) is 87.7 Å². The number of hydrogen-bond donors (Lipinski definition) is 1. The lowest BCUT2D eigenvalue weighted by Crippen LogP contribution is -2.28. The van der Waals surface area contributed by atoms with Crippen molar-refractivity contribution in [2.45, 2.75) is 52.5 Å². The number of hydrogen-bond acceptors (Lipinski definition) is 2. The van der Waals surface area contributed by atoms with E-state index in [2.05, 4.69) is 9.88 Å². The molecule has 4 rings (SSSR count). The summed E-state index contributed by atoms with van der Waals surface area (Å²) >= 11 is 0. The molecule has 4 nitrogen and oxygen atoms in total. The van der Waals surface area contributed by atoms with Gasteiger partial charge in [0.15, 0.2) is 5.43 Å². The van der Waals surface area contributed by atoms with Crippen LogP contribution in [0.1, 0.15) is 53.7 Å². The summed E-state index contributed by atoms with van der Waals surface area (Å²) < 4.78 is 2.21. The molecular formula is C27H30N2O2. The first-order valence-electron chi connectivity index (χ1n) is 11.2. The van der Waals surface area contributed by atoms with Gasteiger partial charge in [0.2, 0.25) is 0 Å². The van der Waals surface area contributed by atoms with Crippen LogP contribution < -0.4 is 10.7 Å². The molecule has 1 fully saturated rings. The maximum Gasteiger partial charge on any atom is 0.261 e. The fourth-order valence-electron chi connectivity index (χ4n) is 4.68. The van der Waals surface area contributed by atoms with Gasteiger partial charge in [-0.15, -0.1) is 0 Å². The van der Waals surface area contributed by atoms with E-state index in [4.69, 9.17) is 0 Å². The van der Waals surface area contributed by atoms with Crippen molar-refractivity contribution < 1.29 is 4.79 Å². The molecule has 3 aromatic rings. The standard InChI is InChI=1S/C27H30N2O2/c1-19-11-9-10-16-23(19)26-25(27(31)28-22-14-7-4-8-15-22)24(30)17-20(2)29(26)18-21-12-5-3-6-13-21/h4,7-11,14-17,21H,3,5-6,12-13,18H2,1-2H3,(H,28,31). The molecule has 1 aromatic heterocycles. The SMILES string of the molecule is Cc1ccccc1-c1c(C(=O)Nc2ccccc2)c(=O)cc(C)n1CC1CCCCC1. The Balaban J connectivity index is 1.86. The molecule has 1 aliphatic rings. The van der Waals surface area contributed by atoms with Crippen molar-refractivity contribution in [3.63, 3.8) is 0 Å². The minimum absolute atomic E-state index is 0.222. The van der Waals surface area contributed by atoms with Gasteiger partial charge in [-0.3, -0.25) is 9.59 Å². The summed E-state index contributed by atoms with van der Waals surface area (Å²) in [5.74, 6) is 0.217. The molecule has 0 spiro atoms. The van der Waals surface area contributed by atoms with E-state index in [1.807, 2.05) is 68.4 Å². The van der Waals surface area contributed by atoms with Gasteiger partial charge in [-0.05, 0) is 50.3 Å². The van der Waals surface area contributed by atoms with E-state index in [-0.39, 0.29) is 16.9 Å². The highest BCUT2D eigenvalue weighted by atomic mass is 16.2. The topological polar surface area (TPSA) is 51.1 Å². The summed E-state index contributed by atoms with van der Waals surface area (Å²) in [4.78, 5) is 26.5. The smallest absolute Gasteiger partial charge is 0.261 e. The molecule has 1 N–H and O–H groups in total. The second kappa shape index (κ2) is 9.34. The second-order valence-electron chi connectivity index (χ2n) is 8.62. The summed E-state index contributed by atoms with van der Waals surface area (Å²) in [6.07, 6.45) is 6.21. The van der Waals surface area contributed by atoms with Gasteiger partial charge < -0.3 is 9.88 Å². The van der Waals surface area contributed by atoms with Gasteiger partial charge in [-0.25, -0.2) is 0 Å². The first kappa shape index (κ1) is 21.1. The molecule has 0 aliphatic heterocycles. The van der Waals surface area contributed by atoms with E-state index in [1.165, 1.54) is 32.1 Å². The van der Waals surface area contributed by atoms with Crippen LogP contribution in [0.5, 0.6) is 0 Å². The fourth-order valence-corrected chi connectivity index (χ4v) is 4.68. The Hall–Kier alpha value is -3.14. The van der Waals surface area contributed by atoms with Gasteiger partial charge in [-0.1, -0.05) is 61.7 Å². The molecule has 0 radical (unpaired) electrons. The third-order valence-corrected chi connectivity index (χ3v) is 6.34. The molecule has 1 aliphatic carbocycles. The van der Waals surface area contributed by atoms with Crippen molar-refractivity contribution in [3.8, 4) is 11.3 Å². The van der Waals surface area contributed by atoms with Crippen LogP contribution in [-0.2, 0) is 6.54 Å². The third-order valence-electron chi connectivity index (χ3n) is 6.34. The number of benzene rings is 2. The van der Waals surface area contributed by atoms with Gasteiger partial charge >= 0.3 is 0 Å². The molecule has 160 valence electrons. The molecule has 4 heteroatoms. The fraction of sp³-hybridized carbons (Fsp3) is 0.333. The van der Waals surface area contributed by atoms with Crippen LogP contribution in [0.3, 0.4) is 0 Å². The zero-order chi connectivity index (χ0) is 21.8. The molecule has 0 atom stereocenters. The summed E-state index contributed by atoms with van der Waals surface area (Å²) in [7, 11) is 0. The number of carbonyl (C=O) groups is 1. The van der Waals surface area contributed by atoms with E-state index in [0.29, 0.717) is 11.6 Å². The largest absolute Gasteiger partial charge is 0.344 e. The maximum atomic E-state index is 13.4. The Morgan fingerprint density at radius 1 is 0.968 bits per heavy atom. The van der Waals surface area contributed by atoms with Gasteiger partial charge in [0.1, 0.15) is 5.56 Å². The van der Waals surface area contributed by atoms with E-state index in [0.717, 1.165) is 29.1 Å². The van der Waals surface area contributed by atoms with Crippen LogP contribution in [0.15, 0.2) is 65.5 Å². The Bertz CT molecular complexity index is 1130. The average molecular weight is 415 g/mol. The van der Waals surface area contributed by atoms with Crippen LogP contribution in [0.4, 0.5) is 5.69 Å². The minimum Gasteiger partial charge on any atom is -0.344 e. The maximum absolute atomic E-state index is 13.4. The number of aryl methyl sites for hydroxylation is 2. The zero-order valence-electron chi connectivity index (χ0n) is 18.4. The summed E-state index contributed by atoms with van der Waals surface area (Å²) in [6, 6.07) is 18.9. The van der Waals surface area contributed by atoms with Crippen LogP contribution in [0.25, 0.3) is 11.3 Å². The van der Waals surface area contributed by atoms with Crippen molar-refractivity contribution in [1.29, 1.82) is 0 Å². The van der Waals surface area contributed by atoms with Crippen molar-refractivity contribution in [2.75, 3.05) is 5.32 Å². The summed E-state index contributed by atoms with van der Waals surface area (Å²) in [5, 5.41) is 2.93. The average Bonchev–Trinajstić information content (AvgIpc) is 2.77. The number of anilines is 1. The van der Waals surface area contributed by atoms with Crippen LogP contribution >= 0.6 is 0 Å².